The molecule has 0 aromatic carbocycles. The summed E-state index contributed by atoms with van der Waals surface area (Å²) in [5.74, 6) is -0.404. The number of anilines is 2. The highest BCUT2D eigenvalue weighted by molar-refractivity contribution is 7.18. The lowest BCUT2D eigenvalue weighted by atomic mass is 10.4. The van der Waals surface area contributed by atoms with Gasteiger partial charge in [0.1, 0.15) is 9.88 Å². The number of hydrogen-bond donors (Lipinski definition) is 2. The molecule has 0 unspecified atom stereocenters. The number of thiophene rings is 1. The SMILES string of the molecule is COC(=O)c1cc(N)c(N)s1.Cl.Cl. The summed E-state index contributed by atoms with van der Waals surface area (Å²) in [5, 5.41) is 0.449. The Balaban J connectivity index is 0. The average Bonchev–Trinajstić information content (AvgIpc) is 2.31. The van der Waals surface area contributed by atoms with E-state index in [1.807, 2.05) is 0 Å². The molecule has 0 spiro atoms. The molecule has 0 bridgehead atoms. The van der Waals surface area contributed by atoms with Crippen molar-refractivity contribution in [2.75, 3.05) is 18.6 Å². The van der Waals surface area contributed by atoms with E-state index in [0.29, 0.717) is 15.6 Å². The minimum Gasteiger partial charge on any atom is -0.465 e. The van der Waals surface area contributed by atoms with Crippen molar-refractivity contribution in [1.82, 2.24) is 0 Å². The first-order valence-corrected chi connectivity index (χ1v) is 3.70. The molecule has 0 atom stereocenters. The van der Waals surface area contributed by atoms with Gasteiger partial charge in [-0.3, -0.25) is 0 Å². The average molecular weight is 245 g/mol. The molecule has 0 aliphatic rings. The molecule has 0 fully saturated rings. The van der Waals surface area contributed by atoms with Gasteiger partial charge >= 0.3 is 5.97 Å². The summed E-state index contributed by atoms with van der Waals surface area (Å²) in [7, 11) is 1.31. The van der Waals surface area contributed by atoms with Crippen LogP contribution in [-0.2, 0) is 4.74 Å². The quantitative estimate of drug-likeness (QED) is 0.735. The molecule has 0 aliphatic heterocycles. The number of nitrogens with two attached hydrogens (primary N) is 2. The predicted octanol–water partition coefficient (Wildman–Crippen LogP) is 1.54. The van der Waals surface area contributed by atoms with Gasteiger partial charge in [0.2, 0.25) is 0 Å². The number of esters is 1. The minimum absolute atomic E-state index is 0. The molecule has 4 N–H and O–H groups in total. The number of carbonyl (C=O) groups is 1. The second-order valence-electron chi connectivity index (χ2n) is 1.92. The van der Waals surface area contributed by atoms with Crippen molar-refractivity contribution in [3.8, 4) is 0 Å². The van der Waals surface area contributed by atoms with Crippen LogP contribution in [0.4, 0.5) is 10.7 Å². The minimum atomic E-state index is -0.404. The summed E-state index contributed by atoms with van der Waals surface area (Å²) in [6.45, 7) is 0. The van der Waals surface area contributed by atoms with Crippen molar-refractivity contribution >= 4 is 52.8 Å². The van der Waals surface area contributed by atoms with Crippen molar-refractivity contribution in [3.05, 3.63) is 10.9 Å². The van der Waals surface area contributed by atoms with Gasteiger partial charge in [0, 0.05) is 0 Å². The maximum absolute atomic E-state index is 10.9. The largest absolute Gasteiger partial charge is 0.465 e. The monoisotopic (exact) mass is 244 g/mol. The molecule has 1 aromatic rings. The van der Waals surface area contributed by atoms with Gasteiger partial charge in [-0.1, -0.05) is 0 Å². The lowest BCUT2D eigenvalue weighted by Gasteiger charge is -1.90. The van der Waals surface area contributed by atoms with E-state index in [9.17, 15) is 4.79 Å². The normalized spacial score (nSPS) is 8.08. The molecule has 0 saturated carbocycles. The Morgan fingerprint density at radius 1 is 1.46 bits per heavy atom. The van der Waals surface area contributed by atoms with Gasteiger partial charge in [-0.2, -0.15) is 0 Å². The topological polar surface area (TPSA) is 78.3 Å². The van der Waals surface area contributed by atoms with Crippen LogP contribution in [-0.4, -0.2) is 13.1 Å². The first-order valence-electron chi connectivity index (χ1n) is 2.88. The molecule has 4 nitrogen and oxygen atoms in total. The lowest BCUT2D eigenvalue weighted by molar-refractivity contribution is 0.0606. The van der Waals surface area contributed by atoms with Crippen molar-refractivity contribution < 1.29 is 9.53 Å². The van der Waals surface area contributed by atoms with Gasteiger partial charge in [0.05, 0.1) is 12.8 Å². The van der Waals surface area contributed by atoms with Crippen LogP contribution in [0.1, 0.15) is 9.67 Å². The van der Waals surface area contributed by atoms with Crippen molar-refractivity contribution in [2.45, 2.75) is 0 Å². The predicted molar refractivity (Wildman–Crippen MR) is 59.0 cm³/mol. The molecule has 13 heavy (non-hydrogen) atoms. The summed E-state index contributed by atoms with van der Waals surface area (Å²) in [4.78, 5) is 11.3. The fourth-order valence-corrected chi connectivity index (χ4v) is 1.39. The van der Waals surface area contributed by atoms with Crippen LogP contribution in [0.15, 0.2) is 6.07 Å². The molecule has 76 valence electrons. The van der Waals surface area contributed by atoms with Crippen molar-refractivity contribution in [2.24, 2.45) is 0 Å². The Bertz CT molecular complexity index is 271. The molecular formula is C6H10Cl2N2O2S. The second kappa shape index (κ2) is 5.90. The van der Waals surface area contributed by atoms with Crippen LogP contribution >= 0.6 is 36.2 Å². The van der Waals surface area contributed by atoms with Gasteiger partial charge in [0.25, 0.3) is 0 Å². The fourth-order valence-electron chi connectivity index (χ4n) is 0.620. The molecule has 0 radical (unpaired) electrons. The number of nitrogen functional groups attached to an aromatic ring is 2. The van der Waals surface area contributed by atoms with Crippen LogP contribution in [0, 0.1) is 0 Å². The summed E-state index contributed by atoms with van der Waals surface area (Å²) < 4.78 is 4.46. The third-order valence-electron chi connectivity index (χ3n) is 1.18. The van der Waals surface area contributed by atoms with Gasteiger partial charge in [-0.05, 0) is 6.07 Å². The van der Waals surface area contributed by atoms with E-state index >= 15 is 0 Å². The summed E-state index contributed by atoms with van der Waals surface area (Å²) in [6.07, 6.45) is 0. The van der Waals surface area contributed by atoms with Crippen LogP contribution in [0.25, 0.3) is 0 Å². The van der Waals surface area contributed by atoms with Crippen LogP contribution in [0.3, 0.4) is 0 Å². The number of methoxy groups -OCH3 is 1. The van der Waals surface area contributed by atoms with Gasteiger partial charge in [-0.25, -0.2) is 4.79 Å². The summed E-state index contributed by atoms with van der Waals surface area (Å²) >= 11 is 1.13. The second-order valence-corrected chi connectivity index (χ2v) is 3.01. The van der Waals surface area contributed by atoms with Crippen LogP contribution < -0.4 is 11.5 Å². The zero-order chi connectivity index (χ0) is 8.43. The third kappa shape index (κ3) is 3.30. The number of halogens is 2. The van der Waals surface area contributed by atoms with Gasteiger partial charge < -0.3 is 16.2 Å². The molecule has 1 aromatic heterocycles. The highest BCUT2D eigenvalue weighted by Gasteiger charge is 2.10. The van der Waals surface area contributed by atoms with Gasteiger partial charge in [0.15, 0.2) is 0 Å². The van der Waals surface area contributed by atoms with E-state index in [2.05, 4.69) is 4.74 Å². The van der Waals surface area contributed by atoms with E-state index in [1.165, 1.54) is 13.2 Å². The van der Waals surface area contributed by atoms with Crippen molar-refractivity contribution in [1.29, 1.82) is 0 Å². The standard InChI is InChI=1S/C6H8N2O2S.2ClH/c1-10-6(9)4-2-3(7)5(8)11-4;;/h2H,7-8H2,1H3;2*1H. The number of ether oxygens (including phenoxy) is 1. The summed E-state index contributed by atoms with van der Waals surface area (Å²) in [5.41, 5.74) is 11.3. The fraction of sp³-hybridized carbons (Fsp3) is 0.167. The Hall–Kier alpha value is -0.650. The first-order chi connectivity index (χ1) is 5.15. The third-order valence-corrected chi connectivity index (χ3v) is 2.14. The van der Waals surface area contributed by atoms with Crippen LogP contribution in [0.2, 0.25) is 0 Å². The number of rotatable bonds is 1. The number of carbonyl (C=O) groups excluding carboxylic acids is 1. The highest BCUT2D eigenvalue weighted by Crippen LogP contribution is 2.27. The summed E-state index contributed by atoms with van der Waals surface area (Å²) in [6, 6.07) is 1.51. The van der Waals surface area contributed by atoms with E-state index in [-0.39, 0.29) is 24.8 Å². The number of hydrogen-bond acceptors (Lipinski definition) is 5. The van der Waals surface area contributed by atoms with E-state index in [0.717, 1.165) is 11.3 Å². The smallest absolute Gasteiger partial charge is 0.348 e. The molecule has 1 heterocycles. The maximum atomic E-state index is 10.9. The van der Waals surface area contributed by atoms with E-state index in [4.69, 9.17) is 11.5 Å². The molecule has 1 rings (SSSR count). The zero-order valence-corrected chi connectivity index (χ0v) is 9.22. The molecule has 7 heteroatoms. The Kier molecular flexibility index (Phi) is 6.75. The highest BCUT2D eigenvalue weighted by atomic mass is 35.5. The first kappa shape index (κ1) is 14.9. The molecular weight excluding hydrogens is 235 g/mol. The van der Waals surface area contributed by atoms with E-state index in [1.54, 1.807) is 0 Å². The van der Waals surface area contributed by atoms with Gasteiger partial charge in [-0.15, -0.1) is 36.2 Å². The Labute approximate surface area is 92.1 Å². The Morgan fingerprint density at radius 3 is 2.31 bits per heavy atom. The molecule has 0 saturated heterocycles. The van der Waals surface area contributed by atoms with E-state index < -0.39 is 5.97 Å². The van der Waals surface area contributed by atoms with Crippen molar-refractivity contribution in [3.63, 3.8) is 0 Å². The lowest BCUT2D eigenvalue weighted by Crippen LogP contribution is -1.97. The Morgan fingerprint density at radius 2 is 2.00 bits per heavy atom. The molecule has 0 amide bonds. The molecule has 0 aliphatic carbocycles. The maximum Gasteiger partial charge on any atom is 0.348 e. The van der Waals surface area contributed by atoms with Crippen LogP contribution in [0.5, 0.6) is 0 Å². The zero-order valence-electron chi connectivity index (χ0n) is 6.77.